The Balaban J connectivity index is 1.60. The molecule has 1 N–H and O–H groups in total. The SMILES string of the molecule is C=CCc1cc2c(C)cc(=O)oc2c(C)c1CC(=O)Oc1c(NC(=O)c2ccccc2)c(=O)oc2cc(OC(C)=O)ccc12. The summed E-state index contributed by atoms with van der Waals surface area (Å²) in [6, 6.07) is 15.6. The fourth-order valence-electron chi connectivity index (χ4n) is 4.97. The van der Waals surface area contributed by atoms with Crippen molar-refractivity contribution in [1.29, 1.82) is 0 Å². The molecule has 2 aromatic heterocycles. The lowest BCUT2D eigenvalue weighted by Gasteiger charge is -2.16. The Hall–Kier alpha value is -5.77. The zero-order valence-corrected chi connectivity index (χ0v) is 24.1. The van der Waals surface area contributed by atoms with Crippen molar-refractivity contribution < 1.29 is 32.7 Å². The van der Waals surface area contributed by atoms with E-state index in [4.69, 9.17) is 18.3 Å². The average Bonchev–Trinajstić information content (AvgIpc) is 2.97. The molecule has 0 aliphatic heterocycles. The van der Waals surface area contributed by atoms with E-state index in [0.717, 1.165) is 16.5 Å². The van der Waals surface area contributed by atoms with Crippen molar-refractivity contribution >= 4 is 45.5 Å². The van der Waals surface area contributed by atoms with Gasteiger partial charge in [-0.15, -0.1) is 6.58 Å². The number of fused-ring (bicyclic) bond motifs is 2. The predicted molar refractivity (Wildman–Crippen MR) is 163 cm³/mol. The molecule has 0 aliphatic rings. The topological polar surface area (TPSA) is 142 Å². The zero-order valence-electron chi connectivity index (χ0n) is 24.1. The number of amides is 1. The molecule has 0 bridgehead atoms. The van der Waals surface area contributed by atoms with E-state index in [1.807, 2.05) is 6.07 Å². The molecular weight excluding hydrogens is 566 g/mol. The van der Waals surface area contributed by atoms with Gasteiger partial charge in [-0.1, -0.05) is 24.3 Å². The Morgan fingerprint density at radius 3 is 2.39 bits per heavy atom. The van der Waals surface area contributed by atoms with Crippen LogP contribution in [-0.2, 0) is 22.4 Å². The van der Waals surface area contributed by atoms with Gasteiger partial charge in [0.15, 0.2) is 11.4 Å². The van der Waals surface area contributed by atoms with Gasteiger partial charge < -0.3 is 23.6 Å². The Kier molecular flexibility index (Phi) is 8.25. The molecule has 0 atom stereocenters. The van der Waals surface area contributed by atoms with Crippen LogP contribution in [0.4, 0.5) is 5.69 Å². The Morgan fingerprint density at radius 1 is 0.932 bits per heavy atom. The predicted octanol–water partition coefficient (Wildman–Crippen LogP) is 5.57. The highest BCUT2D eigenvalue weighted by Crippen LogP contribution is 2.35. The van der Waals surface area contributed by atoms with E-state index < -0.39 is 29.1 Å². The third-order valence-corrected chi connectivity index (χ3v) is 6.97. The Morgan fingerprint density at radius 2 is 1.68 bits per heavy atom. The smallest absolute Gasteiger partial charge is 0.364 e. The number of ether oxygens (including phenoxy) is 2. The lowest BCUT2D eigenvalue weighted by atomic mass is 9.93. The van der Waals surface area contributed by atoms with Crippen LogP contribution >= 0.6 is 0 Å². The third-order valence-electron chi connectivity index (χ3n) is 6.97. The van der Waals surface area contributed by atoms with E-state index >= 15 is 0 Å². The van der Waals surface area contributed by atoms with Crippen LogP contribution in [0.5, 0.6) is 11.5 Å². The van der Waals surface area contributed by atoms with Gasteiger partial charge in [0.05, 0.1) is 11.8 Å². The number of esters is 2. The maximum atomic E-state index is 13.6. The number of hydrogen-bond donors (Lipinski definition) is 1. The van der Waals surface area contributed by atoms with Crippen LogP contribution < -0.4 is 26.0 Å². The number of benzene rings is 3. The van der Waals surface area contributed by atoms with E-state index in [0.29, 0.717) is 23.1 Å². The summed E-state index contributed by atoms with van der Waals surface area (Å²) >= 11 is 0. The van der Waals surface area contributed by atoms with Crippen LogP contribution in [0.3, 0.4) is 0 Å². The zero-order chi connectivity index (χ0) is 31.5. The van der Waals surface area contributed by atoms with Crippen molar-refractivity contribution in [3.05, 3.63) is 122 Å². The molecule has 44 heavy (non-hydrogen) atoms. The van der Waals surface area contributed by atoms with Crippen molar-refractivity contribution in [3.8, 4) is 11.5 Å². The number of anilines is 1. The lowest BCUT2D eigenvalue weighted by Crippen LogP contribution is -2.21. The lowest BCUT2D eigenvalue weighted by molar-refractivity contribution is -0.133. The van der Waals surface area contributed by atoms with Crippen molar-refractivity contribution in [2.24, 2.45) is 0 Å². The third kappa shape index (κ3) is 6.05. The van der Waals surface area contributed by atoms with E-state index in [-0.39, 0.29) is 40.1 Å². The Bertz CT molecular complexity index is 2090. The summed E-state index contributed by atoms with van der Waals surface area (Å²) in [5, 5.41) is 3.41. The number of aryl methyl sites for hydroxylation is 2. The number of carbonyl (C=O) groups excluding carboxylic acids is 3. The molecule has 1 amide bonds. The fraction of sp³-hybridized carbons (Fsp3) is 0.147. The van der Waals surface area contributed by atoms with Crippen molar-refractivity contribution in [2.45, 2.75) is 33.6 Å². The number of carbonyl (C=O) groups is 3. The van der Waals surface area contributed by atoms with Gasteiger partial charge in [0, 0.05) is 30.0 Å². The minimum atomic E-state index is -0.990. The van der Waals surface area contributed by atoms with E-state index in [2.05, 4.69) is 11.9 Å². The standard InChI is InChI=1S/C34H27NO9/c1-5-9-22-15-25-18(2)14-28(37)43-31(25)19(3)26(22)17-29(38)44-32-24-13-12-23(41-20(4)36)16-27(24)42-34(40)30(32)35-33(39)21-10-7-6-8-11-21/h5-8,10-16H,1,9,17H2,2-4H3,(H,35,39). The molecule has 222 valence electrons. The number of hydrogen-bond acceptors (Lipinski definition) is 9. The quantitative estimate of drug-likeness (QED) is 0.106. The summed E-state index contributed by atoms with van der Waals surface area (Å²) in [7, 11) is 0. The van der Waals surface area contributed by atoms with E-state index in [1.54, 1.807) is 50.3 Å². The van der Waals surface area contributed by atoms with Crippen molar-refractivity contribution in [1.82, 2.24) is 0 Å². The highest BCUT2D eigenvalue weighted by Gasteiger charge is 2.24. The van der Waals surface area contributed by atoms with Crippen LogP contribution in [0.2, 0.25) is 0 Å². The second kappa shape index (κ2) is 12.2. The maximum Gasteiger partial charge on any atom is 0.364 e. The second-order valence-corrected chi connectivity index (χ2v) is 10.1. The normalized spacial score (nSPS) is 10.9. The highest BCUT2D eigenvalue weighted by molar-refractivity contribution is 6.07. The molecule has 10 heteroatoms. The summed E-state index contributed by atoms with van der Waals surface area (Å²) < 4.78 is 21.8. The average molecular weight is 594 g/mol. The van der Waals surface area contributed by atoms with E-state index in [1.165, 1.54) is 31.2 Å². The van der Waals surface area contributed by atoms with Gasteiger partial charge in [0.1, 0.15) is 16.9 Å². The minimum absolute atomic E-state index is 0.0410. The first-order valence-corrected chi connectivity index (χ1v) is 13.6. The summed E-state index contributed by atoms with van der Waals surface area (Å²) in [4.78, 5) is 63.4. The van der Waals surface area contributed by atoms with Crippen molar-refractivity contribution in [3.63, 3.8) is 0 Å². The van der Waals surface area contributed by atoms with Crippen LogP contribution in [0.1, 0.15) is 39.5 Å². The van der Waals surface area contributed by atoms with Crippen LogP contribution in [0.25, 0.3) is 21.9 Å². The summed E-state index contributed by atoms with van der Waals surface area (Å²) in [6.07, 6.45) is 1.85. The molecule has 0 unspecified atom stereocenters. The molecule has 0 spiro atoms. The van der Waals surface area contributed by atoms with Crippen LogP contribution in [-0.4, -0.2) is 17.8 Å². The van der Waals surface area contributed by atoms with Gasteiger partial charge in [0.2, 0.25) is 0 Å². The van der Waals surface area contributed by atoms with Gasteiger partial charge in [-0.3, -0.25) is 14.4 Å². The second-order valence-electron chi connectivity index (χ2n) is 10.1. The first-order chi connectivity index (χ1) is 21.0. The number of allylic oxidation sites excluding steroid dienone is 1. The van der Waals surface area contributed by atoms with Crippen LogP contribution in [0.15, 0.2) is 91.7 Å². The molecule has 0 saturated heterocycles. The highest BCUT2D eigenvalue weighted by atomic mass is 16.5. The van der Waals surface area contributed by atoms with Gasteiger partial charge in [-0.25, -0.2) is 9.59 Å². The molecule has 10 nitrogen and oxygen atoms in total. The molecular formula is C34H27NO9. The van der Waals surface area contributed by atoms with Crippen LogP contribution in [0, 0.1) is 13.8 Å². The largest absolute Gasteiger partial charge is 0.427 e. The molecule has 5 rings (SSSR count). The van der Waals surface area contributed by atoms with Gasteiger partial charge >= 0.3 is 23.2 Å². The Labute approximate surface area is 250 Å². The fourth-order valence-corrected chi connectivity index (χ4v) is 4.97. The maximum absolute atomic E-state index is 13.6. The van der Waals surface area contributed by atoms with E-state index in [9.17, 15) is 24.0 Å². The van der Waals surface area contributed by atoms with Gasteiger partial charge in [-0.2, -0.15) is 0 Å². The molecule has 0 fully saturated rings. The summed E-state index contributed by atoms with van der Waals surface area (Å²) in [5.41, 5.74) is 1.33. The molecule has 0 aliphatic carbocycles. The molecule has 0 radical (unpaired) electrons. The summed E-state index contributed by atoms with van der Waals surface area (Å²) in [6.45, 7) is 8.58. The molecule has 0 saturated carbocycles. The van der Waals surface area contributed by atoms with Gasteiger partial charge in [0.25, 0.3) is 5.91 Å². The first-order valence-electron chi connectivity index (χ1n) is 13.6. The van der Waals surface area contributed by atoms with Gasteiger partial charge in [-0.05, 0) is 72.9 Å². The first kappa shape index (κ1) is 29.7. The monoisotopic (exact) mass is 593 g/mol. The molecule has 2 heterocycles. The number of nitrogens with one attached hydrogen (secondary N) is 1. The molecule has 3 aromatic carbocycles. The summed E-state index contributed by atoms with van der Waals surface area (Å²) in [5.74, 6) is -2.12. The molecule has 5 aromatic rings. The number of rotatable bonds is 8. The van der Waals surface area contributed by atoms with Crippen molar-refractivity contribution in [2.75, 3.05) is 5.32 Å². The minimum Gasteiger partial charge on any atom is -0.427 e.